The average molecular weight is 601 g/mol. The van der Waals surface area contributed by atoms with Crippen LogP contribution in [0.2, 0.25) is 5.02 Å². The third-order valence-electron chi connectivity index (χ3n) is 8.01. The van der Waals surface area contributed by atoms with Crippen molar-refractivity contribution in [2.45, 2.75) is 57.1 Å². The lowest BCUT2D eigenvalue weighted by Gasteiger charge is -2.29. The van der Waals surface area contributed by atoms with Gasteiger partial charge in [-0.3, -0.25) is 23.9 Å². The van der Waals surface area contributed by atoms with Crippen molar-refractivity contribution in [1.82, 2.24) is 14.8 Å². The standard InChI is InChI=1S/C30H34ClFN4O6/c1-35-27-7-3-2-6-23(27)28(34-35)29(38)33-26-15-25(32)19(14-24(26)31)13-21(37)17-42-36-12-4-5-20(36)16-41-22-10-8-18(9-11-22)30(39)40/h2-3,6-7,14-15,18,20,22H,4-5,8-13,16-17H2,1H3,(H,33,38)(H,39,40)/t18-,20-,22-/m0/s1. The number of hydroxylamine groups is 2. The second kappa shape index (κ2) is 13.3. The van der Waals surface area contributed by atoms with Crippen molar-refractivity contribution < 1.29 is 33.5 Å². The van der Waals surface area contributed by atoms with Crippen molar-refractivity contribution in [2.24, 2.45) is 13.0 Å². The van der Waals surface area contributed by atoms with Gasteiger partial charge in [-0.05, 0) is 62.3 Å². The molecule has 3 aromatic rings. The Kier molecular flexibility index (Phi) is 9.52. The van der Waals surface area contributed by atoms with Gasteiger partial charge in [0.05, 0.1) is 40.9 Å². The quantitative estimate of drug-likeness (QED) is 0.322. The number of carbonyl (C=O) groups excluding carboxylic acids is 2. The molecule has 2 N–H and O–H groups in total. The predicted molar refractivity (Wildman–Crippen MR) is 154 cm³/mol. The lowest BCUT2D eigenvalue weighted by molar-refractivity contribution is -0.186. The smallest absolute Gasteiger partial charge is 0.306 e. The molecule has 224 valence electrons. The minimum atomic E-state index is -0.743. The average Bonchev–Trinajstić information content (AvgIpc) is 3.57. The third-order valence-corrected chi connectivity index (χ3v) is 8.32. The number of halogens is 2. The first-order chi connectivity index (χ1) is 20.2. The summed E-state index contributed by atoms with van der Waals surface area (Å²) < 4.78 is 22.6. The maximum absolute atomic E-state index is 15.0. The summed E-state index contributed by atoms with van der Waals surface area (Å²) in [6, 6.07) is 9.72. The van der Waals surface area contributed by atoms with Crippen molar-refractivity contribution in [3.05, 3.63) is 58.5 Å². The van der Waals surface area contributed by atoms with Crippen LogP contribution in [-0.4, -0.2) is 69.5 Å². The molecular formula is C30H34ClFN4O6. The number of nitrogens with one attached hydrogen (secondary N) is 1. The van der Waals surface area contributed by atoms with E-state index >= 15 is 0 Å². The highest BCUT2D eigenvalue weighted by Gasteiger charge is 2.30. The van der Waals surface area contributed by atoms with Crippen LogP contribution < -0.4 is 5.32 Å². The van der Waals surface area contributed by atoms with E-state index < -0.39 is 17.7 Å². The van der Waals surface area contributed by atoms with E-state index in [0.29, 0.717) is 31.4 Å². The molecular weight excluding hydrogens is 567 g/mol. The van der Waals surface area contributed by atoms with E-state index in [4.69, 9.17) is 26.3 Å². The second-order valence-electron chi connectivity index (χ2n) is 10.9. The van der Waals surface area contributed by atoms with Gasteiger partial charge in [0.25, 0.3) is 5.91 Å². The number of ketones is 1. The number of nitrogens with zero attached hydrogens (tertiary/aromatic N) is 3. The summed E-state index contributed by atoms with van der Waals surface area (Å²) in [6.07, 6.45) is 4.27. The number of para-hydroxylation sites is 1. The molecule has 0 bridgehead atoms. The zero-order valence-electron chi connectivity index (χ0n) is 23.4. The van der Waals surface area contributed by atoms with Crippen molar-refractivity contribution in [2.75, 3.05) is 25.1 Å². The molecule has 1 atom stereocenters. The first-order valence-corrected chi connectivity index (χ1v) is 14.5. The maximum Gasteiger partial charge on any atom is 0.306 e. The van der Waals surface area contributed by atoms with Crippen LogP contribution in [0.15, 0.2) is 36.4 Å². The number of fused-ring (bicyclic) bond motifs is 1. The number of rotatable bonds is 11. The number of aliphatic carboxylic acids is 1. The number of hydrogen-bond donors (Lipinski definition) is 2. The minimum absolute atomic E-state index is 0.000275. The van der Waals surface area contributed by atoms with Crippen LogP contribution in [-0.2, 0) is 32.6 Å². The first-order valence-electron chi connectivity index (χ1n) is 14.2. The number of aryl methyl sites for hydroxylation is 1. The van der Waals surface area contributed by atoms with Gasteiger partial charge in [0.15, 0.2) is 11.5 Å². The van der Waals surface area contributed by atoms with Gasteiger partial charge in [-0.25, -0.2) is 4.39 Å². The number of ether oxygens (including phenoxy) is 1. The van der Waals surface area contributed by atoms with E-state index in [0.717, 1.165) is 37.3 Å². The summed E-state index contributed by atoms with van der Waals surface area (Å²) in [5.74, 6) is -2.54. The van der Waals surface area contributed by atoms with E-state index in [9.17, 15) is 18.8 Å². The molecule has 2 fully saturated rings. The van der Waals surface area contributed by atoms with Crippen LogP contribution in [0, 0.1) is 11.7 Å². The monoisotopic (exact) mass is 600 g/mol. The Hall–Kier alpha value is -3.38. The molecule has 1 aliphatic carbocycles. The minimum Gasteiger partial charge on any atom is -0.481 e. The van der Waals surface area contributed by atoms with Crippen molar-refractivity contribution in [1.29, 1.82) is 0 Å². The zero-order valence-corrected chi connectivity index (χ0v) is 24.1. The number of aromatic nitrogens is 2. The number of hydrogen-bond acceptors (Lipinski definition) is 7. The van der Waals surface area contributed by atoms with Gasteiger partial charge < -0.3 is 15.2 Å². The predicted octanol–water partition coefficient (Wildman–Crippen LogP) is 4.79. The molecule has 0 spiro atoms. The highest BCUT2D eigenvalue weighted by Crippen LogP contribution is 2.29. The summed E-state index contributed by atoms with van der Waals surface area (Å²) in [5, 5.41) is 18.6. The molecule has 5 rings (SSSR count). The summed E-state index contributed by atoms with van der Waals surface area (Å²) in [6.45, 7) is 0.887. The molecule has 2 aliphatic rings. The van der Waals surface area contributed by atoms with E-state index in [1.54, 1.807) is 28.9 Å². The fourth-order valence-corrected chi connectivity index (χ4v) is 5.90. The molecule has 2 heterocycles. The molecule has 1 aromatic heterocycles. The van der Waals surface area contributed by atoms with Crippen molar-refractivity contribution in [3.8, 4) is 0 Å². The van der Waals surface area contributed by atoms with Crippen LogP contribution in [0.25, 0.3) is 10.9 Å². The summed E-state index contributed by atoms with van der Waals surface area (Å²) in [7, 11) is 1.73. The van der Waals surface area contributed by atoms with Crippen LogP contribution in [0.4, 0.5) is 10.1 Å². The Morgan fingerprint density at radius 2 is 1.90 bits per heavy atom. The Labute approximate surface area is 247 Å². The first kappa shape index (κ1) is 30.1. The highest BCUT2D eigenvalue weighted by molar-refractivity contribution is 6.34. The lowest BCUT2D eigenvalue weighted by Crippen LogP contribution is -2.37. The van der Waals surface area contributed by atoms with E-state index in [-0.39, 0.29) is 58.8 Å². The topological polar surface area (TPSA) is 123 Å². The molecule has 12 heteroatoms. The molecule has 2 aromatic carbocycles. The third kappa shape index (κ3) is 6.97. The maximum atomic E-state index is 15.0. The molecule has 10 nitrogen and oxygen atoms in total. The van der Waals surface area contributed by atoms with Crippen LogP contribution >= 0.6 is 11.6 Å². The summed E-state index contributed by atoms with van der Waals surface area (Å²) >= 11 is 6.36. The van der Waals surface area contributed by atoms with Crippen LogP contribution in [0.1, 0.15) is 54.6 Å². The summed E-state index contributed by atoms with van der Waals surface area (Å²) in [4.78, 5) is 42.5. The van der Waals surface area contributed by atoms with Crippen LogP contribution in [0.5, 0.6) is 0 Å². The number of carbonyl (C=O) groups is 3. The molecule has 42 heavy (non-hydrogen) atoms. The number of carboxylic acid groups (broad SMARTS) is 1. The molecule has 1 aliphatic heterocycles. The normalized spacial score (nSPS) is 21.1. The van der Waals surface area contributed by atoms with Gasteiger partial charge in [0, 0.05) is 25.4 Å². The number of carboxylic acids is 1. The Morgan fingerprint density at radius 1 is 1.14 bits per heavy atom. The Bertz CT molecular complexity index is 1470. The molecule has 1 amide bonds. The molecule has 1 saturated carbocycles. The SMILES string of the molecule is Cn1nc(C(=O)Nc2cc(F)c(CC(=O)CON3CCC[C@H]3CO[C@H]3CC[C@H](C(=O)O)CC3)cc2Cl)c2ccccc21. The number of anilines is 1. The van der Waals surface area contributed by atoms with Crippen molar-refractivity contribution in [3.63, 3.8) is 0 Å². The highest BCUT2D eigenvalue weighted by atomic mass is 35.5. The van der Waals surface area contributed by atoms with Gasteiger partial charge in [-0.15, -0.1) is 0 Å². The van der Waals surface area contributed by atoms with Gasteiger partial charge in [-0.1, -0.05) is 29.8 Å². The number of amides is 1. The fourth-order valence-electron chi connectivity index (χ4n) is 5.67. The zero-order chi connectivity index (χ0) is 29.8. The van der Waals surface area contributed by atoms with Gasteiger partial charge in [0.2, 0.25) is 0 Å². The van der Waals surface area contributed by atoms with Crippen LogP contribution in [0.3, 0.4) is 0 Å². The molecule has 1 saturated heterocycles. The van der Waals surface area contributed by atoms with E-state index in [1.807, 2.05) is 12.1 Å². The number of Topliss-reactive ketones (excluding diaryl/α,β-unsaturated/α-hetero) is 1. The summed E-state index contributed by atoms with van der Waals surface area (Å²) in [5.41, 5.74) is 1.16. The van der Waals surface area contributed by atoms with E-state index in [1.165, 1.54) is 6.07 Å². The number of benzene rings is 2. The Balaban J connectivity index is 1.11. The van der Waals surface area contributed by atoms with E-state index in [2.05, 4.69) is 10.4 Å². The second-order valence-corrected chi connectivity index (χ2v) is 11.3. The molecule has 0 radical (unpaired) electrons. The fraction of sp³-hybridized carbons (Fsp3) is 0.467. The Morgan fingerprint density at radius 3 is 2.67 bits per heavy atom. The largest absolute Gasteiger partial charge is 0.481 e. The van der Waals surface area contributed by atoms with Crippen molar-refractivity contribution >= 4 is 45.9 Å². The molecule has 0 unspecified atom stereocenters. The van der Waals surface area contributed by atoms with Gasteiger partial charge in [0.1, 0.15) is 12.4 Å². The van der Waals surface area contributed by atoms with Gasteiger partial charge in [-0.2, -0.15) is 10.2 Å². The van der Waals surface area contributed by atoms with Gasteiger partial charge >= 0.3 is 5.97 Å². The lowest BCUT2D eigenvalue weighted by atomic mass is 9.87.